The van der Waals surface area contributed by atoms with E-state index in [9.17, 15) is 0 Å². The Morgan fingerprint density at radius 3 is 2.50 bits per heavy atom. The van der Waals surface area contributed by atoms with Gasteiger partial charge in [0, 0.05) is 12.6 Å². The van der Waals surface area contributed by atoms with Crippen LogP contribution in [0, 0.1) is 12.8 Å². The van der Waals surface area contributed by atoms with Crippen molar-refractivity contribution < 1.29 is 0 Å². The highest BCUT2D eigenvalue weighted by atomic mass is 14.9. The molecular weight excluding hydrogens is 194 g/mol. The quantitative estimate of drug-likeness (QED) is 0.740. The molecule has 0 amide bonds. The minimum absolute atomic E-state index is 0.525. The Morgan fingerprint density at radius 2 is 2.00 bits per heavy atom. The molecule has 16 heavy (non-hydrogen) atoms. The number of hydrogen-bond donors (Lipinski definition) is 1. The van der Waals surface area contributed by atoms with E-state index in [1.54, 1.807) is 0 Å². The minimum atomic E-state index is 0.525. The van der Waals surface area contributed by atoms with Gasteiger partial charge in [-0.1, -0.05) is 42.0 Å². The Kier molecular flexibility index (Phi) is 3.45. The molecule has 0 saturated heterocycles. The third kappa shape index (κ3) is 2.96. The molecule has 2 rings (SSSR count). The average molecular weight is 215 g/mol. The fraction of sp³-hybridized carbons (Fsp3) is 0.467. The van der Waals surface area contributed by atoms with Gasteiger partial charge in [-0.3, -0.25) is 0 Å². The second-order valence-electron chi connectivity index (χ2n) is 5.06. The first-order valence-electron chi connectivity index (χ1n) is 6.11. The van der Waals surface area contributed by atoms with Gasteiger partial charge in [0.2, 0.25) is 0 Å². The van der Waals surface area contributed by atoms with E-state index in [-0.39, 0.29) is 0 Å². The van der Waals surface area contributed by atoms with Crippen molar-refractivity contribution in [1.29, 1.82) is 0 Å². The molecule has 1 atom stereocenters. The Labute approximate surface area is 98.6 Å². The molecule has 1 nitrogen and oxygen atoms in total. The van der Waals surface area contributed by atoms with E-state index in [1.807, 2.05) is 0 Å². The fourth-order valence-electron chi connectivity index (χ4n) is 2.04. The van der Waals surface area contributed by atoms with Crippen LogP contribution in [0.25, 0.3) is 0 Å². The van der Waals surface area contributed by atoms with Crippen LogP contribution in [0.2, 0.25) is 0 Å². The highest BCUT2D eigenvalue weighted by molar-refractivity contribution is 5.25. The van der Waals surface area contributed by atoms with Gasteiger partial charge in [0.1, 0.15) is 0 Å². The fourth-order valence-corrected chi connectivity index (χ4v) is 2.04. The molecule has 1 aromatic carbocycles. The van der Waals surface area contributed by atoms with E-state index < -0.39 is 0 Å². The van der Waals surface area contributed by atoms with Crippen LogP contribution >= 0.6 is 0 Å². The van der Waals surface area contributed by atoms with Gasteiger partial charge in [-0.25, -0.2) is 0 Å². The van der Waals surface area contributed by atoms with Gasteiger partial charge in [-0.05, 0) is 38.2 Å². The molecule has 1 N–H and O–H groups in total. The highest BCUT2D eigenvalue weighted by Crippen LogP contribution is 2.40. The minimum Gasteiger partial charge on any atom is -0.306 e. The first-order valence-corrected chi connectivity index (χ1v) is 6.11. The molecule has 0 aromatic heterocycles. The second kappa shape index (κ2) is 4.84. The van der Waals surface area contributed by atoms with Gasteiger partial charge in [0.05, 0.1) is 0 Å². The maximum atomic E-state index is 3.95. The number of nitrogens with one attached hydrogen (secondary N) is 1. The van der Waals surface area contributed by atoms with E-state index in [0.717, 1.165) is 12.5 Å². The second-order valence-corrected chi connectivity index (χ2v) is 5.06. The van der Waals surface area contributed by atoms with E-state index in [0.29, 0.717) is 6.04 Å². The van der Waals surface area contributed by atoms with Crippen molar-refractivity contribution in [2.45, 2.75) is 32.7 Å². The first kappa shape index (κ1) is 11.4. The van der Waals surface area contributed by atoms with Crippen LogP contribution in [0.1, 0.15) is 36.9 Å². The van der Waals surface area contributed by atoms with Gasteiger partial charge in [-0.2, -0.15) is 0 Å². The van der Waals surface area contributed by atoms with Crippen molar-refractivity contribution in [2.24, 2.45) is 5.92 Å². The monoisotopic (exact) mass is 215 g/mol. The largest absolute Gasteiger partial charge is 0.306 e. The maximum absolute atomic E-state index is 3.95. The molecule has 0 spiro atoms. The summed E-state index contributed by atoms with van der Waals surface area (Å²) in [7, 11) is 0. The zero-order valence-corrected chi connectivity index (χ0v) is 10.3. The van der Waals surface area contributed by atoms with Crippen LogP contribution in [0.5, 0.6) is 0 Å². The van der Waals surface area contributed by atoms with Crippen LogP contribution in [0.3, 0.4) is 0 Å². The summed E-state index contributed by atoms with van der Waals surface area (Å²) in [4.78, 5) is 0. The van der Waals surface area contributed by atoms with Gasteiger partial charge in [0.15, 0.2) is 0 Å². The van der Waals surface area contributed by atoms with Crippen LogP contribution in [0.4, 0.5) is 0 Å². The summed E-state index contributed by atoms with van der Waals surface area (Å²) in [5.41, 5.74) is 3.96. The molecule has 1 fully saturated rings. The van der Waals surface area contributed by atoms with Crippen molar-refractivity contribution in [3.8, 4) is 0 Å². The third-order valence-corrected chi connectivity index (χ3v) is 3.15. The molecule has 1 unspecified atom stereocenters. The Bertz CT molecular complexity index is 360. The lowest BCUT2D eigenvalue weighted by atomic mass is 10.0. The lowest BCUT2D eigenvalue weighted by Crippen LogP contribution is -2.24. The van der Waals surface area contributed by atoms with Crippen LogP contribution < -0.4 is 5.32 Å². The summed E-state index contributed by atoms with van der Waals surface area (Å²) in [6.45, 7) is 9.09. The summed E-state index contributed by atoms with van der Waals surface area (Å²) in [5.74, 6) is 0.835. The Morgan fingerprint density at radius 1 is 1.38 bits per heavy atom. The zero-order chi connectivity index (χ0) is 11.5. The summed E-state index contributed by atoms with van der Waals surface area (Å²) in [6, 6.07) is 9.44. The first-order chi connectivity index (χ1) is 7.66. The molecule has 1 heteroatoms. The predicted octanol–water partition coefficient (Wildman–Crippen LogP) is 3.61. The highest BCUT2D eigenvalue weighted by Gasteiger charge is 2.31. The number of aryl methyl sites for hydroxylation is 1. The summed E-state index contributed by atoms with van der Waals surface area (Å²) >= 11 is 0. The lowest BCUT2D eigenvalue weighted by molar-refractivity contribution is 0.502. The van der Waals surface area contributed by atoms with Crippen LogP contribution in [-0.4, -0.2) is 6.54 Å². The van der Waals surface area contributed by atoms with E-state index in [4.69, 9.17) is 0 Å². The maximum Gasteiger partial charge on any atom is 0.0351 e. The SMILES string of the molecule is C=C(C)CNC(c1ccc(C)cc1)C1CC1. The van der Waals surface area contributed by atoms with Crippen molar-refractivity contribution in [1.82, 2.24) is 5.32 Å². The van der Waals surface area contributed by atoms with E-state index in [2.05, 4.69) is 50.0 Å². The van der Waals surface area contributed by atoms with E-state index >= 15 is 0 Å². The molecule has 1 aromatic rings. The lowest BCUT2D eigenvalue weighted by Gasteiger charge is -2.19. The number of rotatable bonds is 5. The zero-order valence-electron chi connectivity index (χ0n) is 10.3. The van der Waals surface area contributed by atoms with Crippen molar-refractivity contribution in [3.05, 3.63) is 47.5 Å². The average Bonchev–Trinajstić information content (AvgIpc) is 3.04. The predicted molar refractivity (Wildman–Crippen MR) is 69.5 cm³/mol. The summed E-state index contributed by atoms with van der Waals surface area (Å²) in [5, 5.41) is 3.62. The number of benzene rings is 1. The van der Waals surface area contributed by atoms with Crippen molar-refractivity contribution in [3.63, 3.8) is 0 Å². The molecule has 0 radical (unpaired) electrons. The summed E-state index contributed by atoms with van der Waals surface area (Å²) < 4.78 is 0. The summed E-state index contributed by atoms with van der Waals surface area (Å²) in [6.07, 6.45) is 2.73. The molecule has 0 aliphatic heterocycles. The van der Waals surface area contributed by atoms with Gasteiger partial charge in [-0.15, -0.1) is 0 Å². The Hall–Kier alpha value is -1.08. The third-order valence-electron chi connectivity index (χ3n) is 3.15. The molecule has 0 heterocycles. The van der Waals surface area contributed by atoms with Crippen molar-refractivity contribution in [2.75, 3.05) is 6.54 Å². The number of hydrogen-bond acceptors (Lipinski definition) is 1. The standard InChI is InChI=1S/C15H21N/c1-11(2)10-16-15(14-8-9-14)13-6-4-12(3)5-7-13/h4-7,14-16H,1,8-10H2,2-3H3. The molecule has 1 aliphatic carbocycles. The van der Waals surface area contributed by atoms with Gasteiger partial charge >= 0.3 is 0 Å². The molecule has 1 saturated carbocycles. The molecule has 0 bridgehead atoms. The topological polar surface area (TPSA) is 12.0 Å². The normalized spacial score (nSPS) is 17.1. The van der Waals surface area contributed by atoms with Crippen LogP contribution in [0.15, 0.2) is 36.4 Å². The molecule has 1 aliphatic rings. The smallest absolute Gasteiger partial charge is 0.0351 e. The molecule has 86 valence electrons. The van der Waals surface area contributed by atoms with Crippen LogP contribution in [-0.2, 0) is 0 Å². The van der Waals surface area contributed by atoms with Gasteiger partial charge < -0.3 is 5.32 Å². The van der Waals surface area contributed by atoms with E-state index in [1.165, 1.54) is 29.5 Å². The van der Waals surface area contributed by atoms with Gasteiger partial charge in [0.25, 0.3) is 0 Å². The Balaban J connectivity index is 2.06. The van der Waals surface area contributed by atoms with Crippen molar-refractivity contribution >= 4 is 0 Å². The molecular formula is C15H21N.